The maximum Gasteiger partial charge on any atom is 0.322 e. The van der Waals surface area contributed by atoms with Crippen LogP contribution in [0.4, 0.5) is 0 Å². The van der Waals surface area contributed by atoms with Crippen molar-refractivity contribution in [2.45, 2.75) is 50.5 Å². The molecule has 1 N–H and O–H groups in total. The summed E-state index contributed by atoms with van der Waals surface area (Å²) in [4.78, 5) is 11.6. The molecule has 1 aromatic rings. The summed E-state index contributed by atoms with van der Waals surface area (Å²) in [6.45, 7) is 3.94. The first-order chi connectivity index (χ1) is 9.82. The molecule has 5 nitrogen and oxygen atoms in total. The minimum Gasteiger partial charge on any atom is -0.480 e. The van der Waals surface area contributed by atoms with E-state index in [9.17, 15) is 18.3 Å². The fourth-order valence-corrected chi connectivity index (χ4v) is 4.67. The van der Waals surface area contributed by atoms with Gasteiger partial charge in [0.25, 0.3) is 0 Å². The molecule has 1 fully saturated rings. The number of hydrogen-bond donors (Lipinski definition) is 1. The SMILES string of the molecule is Cc1cc(C)cc(S(=O)(=O)N2CCCCCC2C(=O)O)c1. The lowest BCUT2D eigenvalue weighted by atomic mass is 10.1. The second-order valence-corrected chi connectivity index (χ2v) is 7.53. The lowest BCUT2D eigenvalue weighted by molar-refractivity contribution is -0.141. The lowest BCUT2D eigenvalue weighted by Gasteiger charge is -2.26. The normalized spacial score (nSPS) is 21.0. The highest BCUT2D eigenvalue weighted by atomic mass is 32.2. The van der Waals surface area contributed by atoms with Gasteiger partial charge in [0.05, 0.1) is 4.90 Å². The van der Waals surface area contributed by atoms with Gasteiger partial charge in [-0.2, -0.15) is 4.31 Å². The van der Waals surface area contributed by atoms with Crippen LogP contribution in [0.5, 0.6) is 0 Å². The van der Waals surface area contributed by atoms with E-state index in [0.29, 0.717) is 12.8 Å². The fourth-order valence-electron chi connectivity index (χ4n) is 2.83. The van der Waals surface area contributed by atoms with E-state index >= 15 is 0 Å². The summed E-state index contributed by atoms with van der Waals surface area (Å²) in [5.41, 5.74) is 1.71. The molecule has 1 aliphatic rings. The molecule has 0 amide bonds. The first-order valence-corrected chi connectivity index (χ1v) is 8.59. The van der Waals surface area contributed by atoms with Crippen LogP contribution in [0.15, 0.2) is 23.1 Å². The van der Waals surface area contributed by atoms with Gasteiger partial charge in [0.15, 0.2) is 0 Å². The average Bonchev–Trinajstić information content (AvgIpc) is 2.63. The third kappa shape index (κ3) is 3.44. The predicted molar refractivity (Wildman–Crippen MR) is 79.7 cm³/mol. The maximum absolute atomic E-state index is 12.8. The Kier molecular flexibility index (Phi) is 4.68. The predicted octanol–water partition coefficient (Wildman–Crippen LogP) is 2.32. The number of sulfonamides is 1. The molecule has 0 aliphatic carbocycles. The topological polar surface area (TPSA) is 74.7 Å². The Hall–Kier alpha value is -1.40. The van der Waals surface area contributed by atoms with Crippen LogP contribution >= 0.6 is 0 Å². The maximum atomic E-state index is 12.8. The number of carboxylic acid groups (broad SMARTS) is 1. The Morgan fingerprint density at radius 3 is 2.33 bits per heavy atom. The van der Waals surface area contributed by atoms with E-state index < -0.39 is 22.0 Å². The number of hydrogen-bond acceptors (Lipinski definition) is 3. The van der Waals surface area contributed by atoms with Crippen LogP contribution in [0.1, 0.15) is 36.8 Å². The average molecular weight is 311 g/mol. The van der Waals surface area contributed by atoms with Gasteiger partial charge in [-0.1, -0.05) is 18.9 Å². The van der Waals surface area contributed by atoms with Crippen molar-refractivity contribution in [1.82, 2.24) is 4.31 Å². The molecule has 0 radical (unpaired) electrons. The molecule has 1 heterocycles. The summed E-state index contributed by atoms with van der Waals surface area (Å²) in [5, 5.41) is 9.35. The van der Waals surface area contributed by atoms with Crippen LogP contribution in [0.25, 0.3) is 0 Å². The van der Waals surface area contributed by atoms with Crippen LogP contribution < -0.4 is 0 Å². The van der Waals surface area contributed by atoms with Crippen molar-refractivity contribution in [3.63, 3.8) is 0 Å². The van der Waals surface area contributed by atoms with E-state index in [1.54, 1.807) is 12.1 Å². The molecule has 0 bridgehead atoms. The highest BCUT2D eigenvalue weighted by molar-refractivity contribution is 7.89. The Bertz CT molecular complexity index is 619. The zero-order valence-corrected chi connectivity index (χ0v) is 13.2. The largest absolute Gasteiger partial charge is 0.480 e. The molecule has 1 aliphatic heterocycles. The first kappa shape index (κ1) is 16.0. The van der Waals surface area contributed by atoms with Crippen molar-refractivity contribution in [2.75, 3.05) is 6.54 Å². The standard InChI is InChI=1S/C15H21NO4S/c1-11-8-12(2)10-13(9-11)21(19,20)16-7-5-3-4-6-14(16)15(17)18/h8-10,14H,3-7H2,1-2H3,(H,17,18). The van der Waals surface area contributed by atoms with Gasteiger partial charge in [-0.05, 0) is 49.9 Å². The quantitative estimate of drug-likeness (QED) is 0.929. The minimum absolute atomic E-state index is 0.188. The molecular formula is C15H21NO4S. The second-order valence-electron chi connectivity index (χ2n) is 5.64. The summed E-state index contributed by atoms with van der Waals surface area (Å²) in [7, 11) is -3.77. The van der Waals surface area contributed by atoms with Crippen LogP contribution in [-0.4, -0.2) is 36.4 Å². The van der Waals surface area contributed by atoms with E-state index in [1.807, 2.05) is 19.9 Å². The summed E-state index contributed by atoms with van der Waals surface area (Å²) in [5.74, 6) is -1.06. The molecular weight excluding hydrogens is 290 g/mol. The molecule has 1 unspecified atom stereocenters. The molecule has 0 aromatic heterocycles. The van der Waals surface area contributed by atoms with E-state index in [1.165, 1.54) is 0 Å². The van der Waals surface area contributed by atoms with E-state index in [0.717, 1.165) is 28.3 Å². The number of carboxylic acids is 1. The highest BCUT2D eigenvalue weighted by Gasteiger charge is 2.36. The van der Waals surface area contributed by atoms with Crippen molar-refractivity contribution >= 4 is 16.0 Å². The van der Waals surface area contributed by atoms with Gasteiger partial charge in [0, 0.05) is 6.54 Å². The minimum atomic E-state index is -3.77. The van der Waals surface area contributed by atoms with Crippen LogP contribution in [0, 0.1) is 13.8 Å². The number of benzene rings is 1. The number of carbonyl (C=O) groups is 1. The van der Waals surface area contributed by atoms with Crippen molar-refractivity contribution in [1.29, 1.82) is 0 Å². The Labute approximate surface area is 125 Å². The van der Waals surface area contributed by atoms with Gasteiger partial charge >= 0.3 is 5.97 Å². The zero-order valence-electron chi connectivity index (χ0n) is 12.4. The molecule has 21 heavy (non-hydrogen) atoms. The zero-order chi connectivity index (χ0) is 15.6. The molecule has 2 rings (SSSR count). The van der Waals surface area contributed by atoms with Gasteiger partial charge in [-0.25, -0.2) is 8.42 Å². The molecule has 1 atom stereocenters. The van der Waals surface area contributed by atoms with Crippen molar-refractivity contribution in [2.24, 2.45) is 0 Å². The summed E-state index contributed by atoms with van der Waals surface area (Å²) < 4.78 is 26.8. The number of rotatable bonds is 3. The van der Waals surface area contributed by atoms with Crippen molar-refractivity contribution in [3.8, 4) is 0 Å². The Morgan fingerprint density at radius 2 is 1.76 bits per heavy atom. The second kappa shape index (κ2) is 6.15. The molecule has 0 spiro atoms. The summed E-state index contributed by atoms with van der Waals surface area (Å²) >= 11 is 0. The van der Waals surface area contributed by atoms with Gasteiger partial charge in [0.1, 0.15) is 6.04 Å². The van der Waals surface area contributed by atoms with Gasteiger partial charge < -0.3 is 5.11 Å². The molecule has 0 saturated carbocycles. The van der Waals surface area contributed by atoms with E-state index in [4.69, 9.17) is 0 Å². The summed E-state index contributed by atoms with van der Waals surface area (Å²) in [6, 6.07) is 4.15. The van der Waals surface area contributed by atoms with Crippen LogP contribution in [0.2, 0.25) is 0 Å². The molecule has 6 heteroatoms. The Balaban J connectivity index is 2.46. The van der Waals surface area contributed by atoms with Crippen LogP contribution in [0.3, 0.4) is 0 Å². The van der Waals surface area contributed by atoms with Gasteiger partial charge in [0.2, 0.25) is 10.0 Å². The smallest absolute Gasteiger partial charge is 0.322 e. The molecule has 1 saturated heterocycles. The number of aryl methyl sites for hydroxylation is 2. The molecule has 1 aromatic carbocycles. The first-order valence-electron chi connectivity index (χ1n) is 7.15. The van der Waals surface area contributed by atoms with Crippen LogP contribution in [-0.2, 0) is 14.8 Å². The van der Waals surface area contributed by atoms with Gasteiger partial charge in [-0.15, -0.1) is 0 Å². The van der Waals surface area contributed by atoms with Crippen molar-refractivity contribution in [3.05, 3.63) is 29.3 Å². The third-order valence-electron chi connectivity index (χ3n) is 3.79. The Morgan fingerprint density at radius 1 is 1.14 bits per heavy atom. The lowest BCUT2D eigenvalue weighted by Crippen LogP contribution is -2.44. The number of aliphatic carboxylic acids is 1. The highest BCUT2D eigenvalue weighted by Crippen LogP contribution is 2.26. The number of nitrogens with zero attached hydrogens (tertiary/aromatic N) is 1. The molecule has 116 valence electrons. The van der Waals surface area contributed by atoms with E-state index in [-0.39, 0.29) is 11.4 Å². The van der Waals surface area contributed by atoms with Crippen molar-refractivity contribution < 1.29 is 18.3 Å². The third-order valence-corrected chi connectivity index (χ3v) is 5.68. The van der Waals surface area contributed by atoms with E-state index in [2.05, 4.69) is 0 Å². The van der Waals surface area contributed by atoms with Gasteiger partial charge in [-0.3, -0.25) is 4.79 Å². The summed E-state index contributed by atoms with van der Waals surface area (Å²) in [6.07, 6.45) is 2.69. The fraction of sp³-hybridized carbons (Fsp3) is 0.533. The monoisotopic (exact) mass is 311 g/mol.